The van der Waals surface area contributed by atoms with Crippen LogP contribution in [0.1, 0.15) is 25.1 Å². The number of nitrogen functional groups attached to an aromatic ring is 1. The number of hydrogen-bond donors (Lipinski definition) is 1. The number of nitrogens with two attached hydrogens (primary N) is 1. The summed E-state index contributed by atoms with van der Waals surface area (Å²) >= 11 is 0. The normalized spacial score (nSPS) is 9.83. The fourth-order valence-electron chi connectivity index (χ4n) is 2.19. The first-order chi connectivity index (χ1) is 13.6. The van der Waals surface area contributed by atoms with Crippen molar-refractivity contribution in [3.05, 3.63) is 46.9 Å². The first kappa shape index (κ1) is 23.2. The molecule has 0 aliphatic rings. The van der Waals surface area contributed by atoms with Crippen LogP contribution in [-0.2, 0) is 14.6 Å². The van der Waals surface area contributed by atoms with Gasteiger partial charge in [-0.2, -0.15) is 20.9 Å². The van der Waals surface area contributed by atoms with E-state index in [2.05, 4.69) is 5.10 Å². The summed E-state index contributed by atoms with van der Waals surface area (Å²) < 4.78 is 29.1. The monoisotopic (exact) mass is 412 g/mol. The summed E-state index contributed by atoms with van der Waals surface area (Å²) in [6.45, 7) is 5.58. The predicted molar refractivity (Wildman–Crippen MR) is 106 cm³/mol. The van der Waals surface area contributed by atoms with Crippen LogP contribution in [0.2, 0.25) is 0 Å². The Kier molecular flexibility index (Phi) is 7.96. The molecule has 0 radical (unpaired) electrons. The van der Waals surface area contributed by atoms with Crippen molar-refractivity contribution in [3.63, 3.8) is 0 Å². The lowest BCUT2D eigenvalue weighted by atomic mass is 10.2. The molecule has 29 heavy (non-hydrogen) atoms. The van der Waals surface area contributed by atoms with Crippen LogP contribution in [0.25, 0.3) is 5.69 Å². The van der Waals surface area contributed by atoms with Gasteiger partial charge in [0, 0.05) is 6.26 Å². The molecule has 2 aromatic rings. The van der Waals surface area contributed by atoms with E-state index < -0.39 is 9.84 Å². The van der Waals surface area contributed by atoms with E-state index in [1.54, 1.807) is 45.0 Å². The van der Waals surface area contributed by atoms with Gasteiger partial charge in [0.1, 0.15) is 35.3 Å². The lowest BCUT2D eigenvalue weighted by Crippen LogP contribution is -2.03. The van der Waals surface area contributed by atoms with Crippen LogP contribution in [0, 0.1) is 40.9 Å². The largest absolute Gasteiger partial charge is 0.496 e. The van der Waals surface area contributed by atoms with Gasteiger partial charge in [-0.25, -0.2) is 13.1 Å². The van der Waals surface area contributed by atoms with Crippen LogP contribution in [0.4, 0.5) is 5.82 Å². The van der Waals surface area contributed by atoms with Gasteiger partial charge in [-0.15, -0.1) is 0 Å². The third-order valence-electron chi connectivity index (χ3n) is 3.65. The Morgan fingerprint density at radius 3 is 2.14 bits per heavy atom. The summed E-state index contributed by atoms with van der Waals surface area (Å²) in [5, 5.41) is 29.7. The smallest absolute Gasteiger partial charge is 0.175 e. The second-order valence-corrected chi connectivity index (χ2v) is 7.74. The molecular weight excluding hydrogens is 392 g/mol. The summed E-state index contributed by atoms with van der Waals surface area (Å²) in [5.41, 5.74) is 7.34. The van der Waals surface area contributed by atoms with Crippen molar-refractivity contribution >= 4 is 15.7 Å². The number of benzene rings is 1. The van der Waals surface area contributed by atoms with Crippen molar-refractivity contribution in [2.24, 2.45) is 0 Å². The van der Waals surface area contributed by atoms with E-state index in [4.69, 9.17) is 26.3 Å². The molecule has 150 valence electrons. The molecule has 0 atom stereocenters. The molecule has 0 bridgehead atoms. The molecular formula is C19H20N6O3S. The molecule has 2 N–H and O–H groups in total. The summed E-state index contributed by atoms with van der Waals surface area (Å²) in [5.74, 6) is 0.639. The van der Waals surface area contributed by atoms with Crippen molar-refractivity contribution in [3.8, 4) is 23.9 Å². The minimum absolute atomic E-state index is 0.0434. The minimum Gasteiger partial charge on any atom is -0.496 e. The highest BCUT2D eigenvalue weighted by molar-refractivity contribution is 7.90. The Labute approximate surface area is 169 Å². The first-order valence-corrected chi connectivity index (χ1v) is 10.2. The van der Waals surface area contributed by atoms with Crippen molar-refractivity contribution < 1.29 is 13.2 Å². The van der Waals surface area contributed by atoms with Gasteiger partial charge >= 0.3 is 0 Å². The topological polar surface area (TPSA) is 159 Å². The van der Waals surface area contributed by atoms with E-state index in [0.717, 1.165) is 6.26 Å². The standard InChI is InChI=1S/C12H12N4O2S.C7H8N2O/c1-8-11(7-13)12(14)16(15-8)9-3-5-10(6-4-9)19(2,17)18;1-3-10-6(2)7(4-8)5-9/h3-6H,14H2,1-2H3;3H2,1-2H3. The van der Waals surface area contributed by atoms with Crippen LogP contribution in [0.5, 0.6) is 0 Å². The lowest BCUT2D eigenvalue weighted by molar-refractivity contribution is 0.230. The molecule has 0 aliphatic heterocycles. The maximum absolute atomic E-state index is 11.4. The molecule has 9 nitrogen and oxygen atoms in total. The Morgan fingerprint density at radius 1 is 1.21 bits per heavy atom. The van der Waals surface area contributed by atoms with Gasteiger partial charge in [0.05, 0.1) is 22.9 Å². The first-order valence-electron chi connectivity index (χ1n) is 8.30. The van der Waals surface area contributed by atoms with E-state index in [0.29, 0.717) is 29.3 Å². The molecule has 0 aliphatic carbocycles. The quantitative estimate of drug-likeness (QED) is 0.592. The van der Waals surface area contributed by atoms with E-state index in [1.165, 1.54) is 16.8 Å². The van der Waals surface area contributed by atoms with Crippen LogP contribution in [0.3, 0.4) is 0 Å². The number of aryl methyl sites for hydroxylation is 1. The molecule has 0 unspecified atom stereocenters. The summed E-state index contributed by atoms with van der Waals surface area (Å²) in [7, 11) is -3.23. The Hall–Kier alpha value is -3.81. The van der Waals surface area contributed by atoms with Gasteiger partial charge in [0.15, 0.2) is 15.4 Å². The van der Waals surface area contributed by atoms with Crippen LogP contribution in [-0.4, -0.2) is 31.1 Å². The van der Waals surface area contributed by atoms with E-state index in [9.17, 15) is 8.42 Å². The van der Waals surface area contributed by atoms with Crippen LogP contribution < -0.4 is 5.73 Å². The van der Waals surface area contributed by atoms with Crippen LogP contribution >= 0.6 is 0 Å². The maximum atomic E-state index is 11.4. The number of rotatable bonds is 4. The minimum atomic E-state index is -3.23. The molecule has 0 saturated heterocycles. The van der Waals surface area contributed by atoms with Crippen LogP contribution in [0.15, 0.2) is 40.5 Å². The molecule has 1 aromatic heterocycles. The fraction of sp³-hybridized carbons (Fsp3) is 0.263. The maximum Gasteiger partial charge on any atom is 0.175 e. The number of nitrogens with zero attached hydrogens (tertiary/aromatic N) is 5. The third-order valence-corrected chi connectivity index (χ3v) is 4.78. The van der Waals surface area contributed by atoms with E-state index >= 15 is 0 Å². The van der Waals surface area contributed by atoms with Crippen molar-refractivity contribution in [2.45, 2.75) is 25.7 Å². The SMILES string of the molecule is CCOC(C)=C(C#N)C#N.Cc1nn(-c2ccc(S(C)(=O)=O)cc2)c(N)c1C#N. The summed E-state index contributed by atoms with van der Waals surface area (Å²) in [6.07, 6.45) is 1.14. The summed E-state index contributed by atoms with van der Waals surface area (Å²) in [6, 6.07) is 11.6. The number of nitriles is 3. The van der Waals surface area contributed by atoms with Crippen molar-refractivity contribution in [1.29, 1.82) is 15.8 Å². The second kappa shape index (κ2) is 9.93. The van der Waals surface area contributed by atoms with Gasteiger partial charge < -0.3 is 10.5 Å². The zero-order chi connectivity index (χ0) is 22.2. The zero-order valence-corrected chi connectivity index (χ0v) is 17.3. The lowest BCUT2D eigenvalue weighted by Gasteiger charge is -2.05. The highest BCUT2D eigenvalue weighted by Crippen LogP contribution is 2.21. The Balaban J connectivity index is 0.000000359. The number of ether oxygens (including phenoxy) is 1. The van der Waals surface area contributed by atoms with Gasteiger partial charge in [0.25, 0.3) is 0 Å². The van der Waals surface area contributed by atoms with Gasteiger partial charge in [0.2, 0.25) is 0 Å². The molecule has 0 saturated carbocycles. The predicted octanol–water partition coefficient (Wildman–Crippen LogP) is 2.38. The molecule has 0 fully saturated rings. The van der Waals surface area contributed by atoms with E-state index in [-0.39, 0.29) is 16.3 Å². The fourth-order valence-corrected chi connectivity index (χ4v) is 2.82. The molecule has 1 aromatic carbocycles. The number of sulfone groups is 1. The highest BCUT2D eigenvalue weighted by atomic mass is 32.2. The van der Waals surface area contributed by atoms with Gasteiger partial charge in [-0.3, -0.25) is 0 Å². The number of aromatic nitrogens is 2. The number of anilines is 1. The Bertz CT molecular complexity index is 1120. The molecule has 0 amide bonds. The number of hydrogen-bond acceptors (Lipinski definition) is 8. The Morgan fingerprint density at radius 2 is 1.76 bits per heavy atom. The van der Waals surface area contributed by atoms with Crippen molar-refractivity contribution in [1.82, 2.24) is 9.78 Å². The molecule has 0 spiro atoms. The van der Waals surface area contributed by atoms with Crippen molar-refractivity contribution in [2.75, 3.05) is 18.6 Å². The van der Waals surface area contributed by atoms with Gasteiger partial charge in [-0.05, 0) is 45.0 Å². The number of allylic oxidation sites excluding steroid dienone is 2. The van der Waals surface area contributed by atoms with Gasteiger partial charge in [-0.1, -0.05) is 0 Å². The molecule has 10 heteroatoms. The highest BCUT2D eigenvalue weighted by Gasteiger charge is 2.14. The molecule has 1 heterocycles. The summed E-state index contributed by atoms with van der Waals surface area (Å²) in [4.78, 5) is 0.221. The average molecular weight is 412 g/mol. The second-order valence-electron chi connectivity index (χ2n) is 5.72. The molecule has 2 rings (SSSR count). The third kappa shape index (κ3) is 5.83. The van der Waals surface area contributed by atoms with E-state index in [1.807, 2.05) is 6.07 Å². The average Bonchev–Trinajstić information content (AvgIpc) is 2.96. The zero-order valence-electron chi connectivity index (χ0n) is 16.5.